The van der Waals surface area contributed by atoms with Crippen molar-refractivity contribution in [3.8, 4) is 0 Å². The fourth-order valence-corrected chi connectivity index (χ4v) is 2.52. The molecule has 0 radical (unpaired) electrons. The molecule has 2 aromatic rings. The highest BCUT2D eigenvalue weighted by Crippen LogP contribution is 2.34. The quantitative estimate of drug-likeness (QED) is 0.602. The zero-order chi connectivity index (χ0) is 12.5. The largest absolute Gasteiger partial charge is 0.462 e. The first-order valence-corrected chi connectivity index (χ1v) is 6.16. The van der Waals surface area contributed by atoms with Crippen molar-refractivity contribution < 1.29 is 9.34 Å². The Balaban J connectivity index is 2.12. The molecule has 3 rings (SSSR count). The van der Waals surface area contributed by atoms with Crippen LogP contribution in [-0.2, 0) is 0 Å². The van der Waals surface area contributed by atoms with Gasteiger partial charge in [0.15, 0.2) is 5.58 Å². The lowest BCUT2D eigenvalue weighted by Crippen LogP contribution is -2.29. The van der Waals surface area contributed by atoms with Crippen LogP contribution in [0.2, 0.25) is 0 Å². The number of hydrogen-bond donors (Lipinski definition) is 0. The van der Waals surface area contributed by atoms with Gasteiger partial charge in [-0.2, -0.15) is 0 Å². The molecule has 94 valence electrons. The molecular formula is C13H14N2O3. The van der Waals surface area contributed by atoms with Crippen LogP contribution in [0.5, 0.6) is 0 Å². The number of fused-ring (bicyclic) bond motifs is 1. The highest BCUT2D eigenvalue weighted by Gasteiger charge is 2.19. The Kier molecular flexibility index (Phi) is 2.66. The van der Waals surface area contributed by atoms with E-state index < -0.39 is 0 Å². The van der Waals surface area contributed by atoms with Crippen LogP contribution in [0.3, 0.4) is 0 Å². The average molecular weight is 246 g/mol. The average Bonchev–Trinajstić information content (AvgIpc) is 2.86. The molecule has 0 bridgehead atoms. The van der Waals surface area contributed by atoms with E-state index in [9.17, 15) is 10.1 Å². The van der Waals surface area contributed by atoms with Crippen LogP contribution in [0.15, 0.2) is 28.9 Å². The maximum atomic E-state index is 11.0. The van der Waals surface area contributed by atoms with E-state index in [4.69, 9.17) is 4.42 Å². The molecule has 1 fully saturated rings. The minimum absolute atomic E-state index is 0.129. The zero-order valence-corrected chi connectivity index (χ0v) is 9.96. The van der Waals surface area contributed by atoms with Crippen LogP contribution < -0.4 is 4.90 Å². The number of nitro benzene ring substituents is 1. The summed E-state index contributed by atoms with van der Waals surface area (Å²) in [5, 5.41) is 11.8. The molecule has 1 aromatic carbocycles. The van der Waals surface area contributed by atoms with E-state index in [1.54, 1.807) is 24.5 Å². The predicted octanol–water partition coefficient (Wildman–Crippen LogP) is 3.33. The van der Waals surface area contributed by atoms with Gasteiger partial charge >= 0.3 is 0 Å². The lowest BCUT2D eigenvalue weighted by Gasteiger charge is -2.28. The van der Waals surface area contributed by atoms with Crippen LogP contribution >= 0.6 is 0 Å². The fourth-order valence-electron chi connectivity index (χ4n) is 2.52. The summed E-state index contributed by atoms with van der Waals surface area (Å²) in [6, 6.07) is 4.96. The van der Waals surface area contributed by atoms with Crippen LogP contribution in [0.25, 0.3) is 11.0 Å². The summed E-state index contributed by atoms with van der Waals surface area (Å²) in [5.74, 6) is 0. The Morgan fingerprint density at radius 3 is 2.72 bits per heavy atom. The third kappa shape index (κ3) is 1.81. The molecule has 1 aliphatic heterocycles. The first kappa shape index (κ1) is 11.1. The zero-order valence-electron chi connectivity index (χ0n) is 9.96. The molecule has 0 N–H and O–H groups in total. The minimum atomic E-state index is -0.347. The van der Waals surface area contributed by atoms with Gasteiger partial charge in [-0.1, -0.05) is 0 Å². The highest BCUT2D eigenvalue weighted by molar-refractivity contribution is 5.92. The van der Waals surface area contributed by atoms with Gasteiger partial charge in [0.2, 0.25) is 0 Å². The smallest absolute Gasteiger partial charge is 0.272 e. The Labute approximate surface area is 104 Å². The number of hydrogen-bond acceptors (Lipinski definition) is 4. The molecule has 1 saturated heterocycles. The Morgan fingerprint density at radius 1 is 1.22 bits per heavy atom. The van der Waals surface area contributed by atoms with Crippen LogP contribution in [0.1, 0.15) is 19.3 Å². The molecule has 0 spiro atoms. The highest BCUT2D eigenvalue weighted by atomic mass is 16.6. The normalized spacial score (nSPS) is 16.1. The van der Waals surface area contributed by atoms with Gasteiger partial charge in [-0.25, -0.2) is 0 Å². The number of anilines is 1. The van der Waals surface area contributed by atoms with Gasteiger partial charge in [-0.05, 0) is 25.3 Å². The van der Waals surface area contributed by atoms with Crippen molar-refractivity contribution in [3.63, 3.8) is 0 Å². The predicted molar refractivity (Wildman–Crippen MR) is 68.9 cm³/mol. The van der Waals surface area contributed by atoms with Crippen LogP contribution in [0.4, 0.5) is 11.4 Å². The van der Waals surface area contributed by atoms with Crippen molar-refractivity contribution in [2.45, 2.75) is 19.3 Å². The molecule has 0 unspecified atom stereocenters. The van der Waals surface area contributed by atoms with E-state index in [0.717, 1.165) is 42.6 Å². The second-order valence-electron chi connectivity index (χ2n) is 4.61. The van der Waals surface area contributed by atoms with Gasteiger partial charge in [-0.3, -0.25) is 10.1 Å². The number of rotatable bonds is 2. The second kappa shape index (κ2) is 4.33. The summed E-state index contributed by atoms with van der Waals surface area (Å²) < 4.78 is 5.47. The van der Waals surface area contributed by atoms with Crippen LogP contribution in [0, 0.1) is 10.1 Å². The molecule has 0 amide bonds. The summed E-state index contributed by atoms with van der Waals surface area (Å²) in [7, 11) is 0. The van der Waals surface area contributed by atoms with Crippen molar-refractivity contribution in [2.75, 3.05) is 18.0 Å². The van der Waals surface area contributed by atoms with E-state index >= 15 is 0 Å². The molecule has 1 aliphatic rings. The number of nitro groups is 1. The standard InChI is InChI=1S/C13H14N2O3/c16-15(17)11-8-10-4-7-18-13(10)12(9-11)14-5-2-1-3-6-14/h4,7-9H,1-3,5-6H2. The third-order valence-corrected chi connectivity index (χ3v) is 3.42. The van der Waals surface area contributed by atoms with Crippen molar-refractivity contribution in [2.24, 2.45) is 0 Å². The third-order valence-electron chi connectivity index (χ3n) is 3.42. The molecule has 0 saturated carbocycles. The number of benzene rings is 1. The molecule has 5 nitrogen and oxygen atoms in total. The van der Waals surface area contributed by atoms with E-state index in [2.05, 4.69) is 4.90 Å². The maximum absolute atomic E-state index is 11.0. The van der Waals surface area contributed by atoms with Gasteiger partial charge in [-0.15, -0.1) is 0 Å². The molecule has 18 heavy (non-hydrogen) atoms. The maximum Gasteiger partial charge on any atom is 0.272 e. The summed E-state index contributed by atoms with van der Waals surface area (Å²) in [6.07, 6.45) is 5.07. The molecule has 0 aliphatic carbocycles. The van der Waals surface area contributed by atoms with Crippen molar-refractivity contribution in [3.05, 3.63) is 34.6 Å². The van der Waals surface area contributed by atoms with Gasteiger partial charge in [0.1, 0.15) is 0 Å². The van der Waals surface area contributed by atoms with E-state index in [1.807, 2.05) is 0 Å². The fraction of sp³-hybridized carbons (Fsp3) is 0.385. The van der Waals surface area contributed by atoms with E-state index in [0.29, 0.717) is 0 Å². The van der Waals surface area contributed by atoms with Gasteiger partial charge < -0.3 is 9.32 Å². The number of nitrogens with zero attached hydrogens (tertiary/aromatic N) is 2. The van der Waals surface area contributed by atoms with E-state index in [1.165, 1.54) is 6.42 Å². The lowest BCUT2D eigenvalue weighted by atomic mass is 10.1. The molecule has 0 atom stereocenters. The second-order valence-corrected chi connectivity index (χ2v) is 4.61. The SMILES string of the molecule is O=[N+]([O-])c1cc(N2CCCCC2)c2occc2c1. The van der Waals surface area contributed by atoms with Crippen LogP contribution in [-0.4, -0.2) is 18.0 Å². The number of furan rings is 1. The van der Waals surface area contributed by atoms with E-state index in [-0.39, 0.29) is 10.6 Å². The van der Waals surface area contributed by atoms with Gasteiger partial charge in [0, 0.05) is 30.6 Å². The summed E-state index contributed by atoms with van der Waals surface area (Å²) in [4.78, 5) is 12.8. The van der Waals surface area contributed by atoms with Gasteiger partial charge in [0.25, 0.3) is 5.69 Å². The summed E-state index contributed by atoms with van der Waals surface area (Å²) in [5.41, 5.74) is 1.73. The van der Waals surface area contributed by atoms with Crippen molar-refractivity contribution in [1.29, 1.82) is 0 Å². The molecule has 1 aromatic heterocycles. The number of non-ortho nitro benzene ring substituents is 1. The topological polar surface area (TPSA) is 59.5 Å². The van der Waals surface area contributed by atoms with Crippen molar-refractivity contribution in [1.82, 2.24) is 0 Å². The minimum Gasteiger partial charge on any atom is -0.462 e. The molecule has 2 heterocycles. The first-order valence-electron chi connectivity index (χ1n) is 6.16. The Morgan fingerprint density at radius 2 is 2.00 bits per heavy atom. The number of piperidine rings is 1. The lowest BCUT2D eigenvalue weighted by molar-refractivity contribution is -0.384. The summed E-state index contributed by atoms with van der Waals surface area (Å²) in [6.45, 7) is 1.88. The molecular weight excluding hydrogens is 232 g/mol. The Hall–Kier alpha value is -2.04. The summed E-state index contributed by atoms with van der Waals surface area (Å²) >= 11 is 0. The van der Waals surface area contributed by atoms with Crippen molar-refractivity contribution >= 4 is 22.3 Å². The first-order chi connectivity index (χ1) is 8.75. The Bertz CT molecular complexity index is 585. The van der Waals surface area contributed by atoms with Gasteiger partial charge in [0.05, 0.1) is 16.9 Å². The molecule has 5 heteroatoms. The monoisotopic (exact) mass is 246 g/mol.